The van der Waals surface area contributed by atoms with Crippen LogP contribution in [0.25, 0.3) is 44.1 Å². The van der Waals surface area contributed by atoms with E-state index in [1.807, 2.05) is 27.7 Å². The fraction of sp³-hybridized carbons (Fsp3) is 0.294. The van der Waals surface area contributed by atoms with Crippen LogP contribution in [0.5, 0.6) is 0 Å². The molecule has 1 heteroatoms. The number of hydrogen-bond acceptors (Lipinski definition) is 0. The number of nitrogens with one attached hydrogen (secondary N) is 1. The molecule has 2 aliphatic rings. The lowest BCUT2D eigenvalue weighted by Crippen LogP contribution is -2.14. The summed E-state index contributed by atoms with van der Waals surface area (Å²) in [6.45, 7) is 17.4. The Hall–Kier alpha value is -3.32. The molecule has 1 nitrogen and oxygen atoms in total. The van der Waals surface area contributed by atoms with E-state index in [1.54, 1.807) is 0 Å². The molecular formula is C34H37N. The van der Waals surface area contributed by atoms with Gasteiger partial charge in [0.05, 0.1) is 0 Å². The van der Waals surface area contributed by atoms with Crippen molar-refractivity contribution >= 4 is 21.8 Å². The monoisotopic (exact) mass is 459 g/mol. The highest BCUT2D eigenvalue weighted by Crippen LogP contribution is 2.52. The number of rotatable bonds is 0. The molecular weight excluding hydrogens is 422 g/mol. The van der Waals surface area contributed by atoms with Crippen molar-refractivity contribution in [3.8, 4) is 22.3 Å². The second-order valence-electron chi connectivity index (χ2n) is 10.4. The summed E-state index contributed by atoms with van der Waals surface area (Å²) in [5, 5.41) is 2.65. The van der Waals surface area contributed by atoms with Crippen LogP contribution in [0.3, 0.4) is 0 Å². The molecule has 1 aromatic heterocycles. The van der Waals surface area contributed by atoms with Crippen LogP contribution in [0.4, 0.5) is 0 Å². The molecule has 7 rings (SSSR count). The average molecular weight is 460 g/mol. The van der Waals surface area contributed by atoms with Crippen LogP contribution in [0.2, 0.25) is 0 Å². The van der Waals surface area contributed by atoms with Gasteiger partial charge in [-0.15, -0.1) is 0 Å². The molecule has 35 heavy (non-hydrogen) atoms. The van der Waals surface area contributed by atoms with E-state index in [0.29, 0.717) is 0 Å². The highest BCUT2D eigenvalue weighted by molar-refractivity contribution is 6.12. The van der Waals surface area contributed by atoms with E-state index in [1.165, 1.54) is 66.3 Å². The molecule has 1 N–H and O–H groups in total. The number of hydrogen-bond donors (Lipinski definition) is 1. The summed E-state index contributed by atoms with van der Waals surface area (Å²) < 4.78 is 0. The van der Waals surface area contributed by atoms with Crippen molar-refractivity contribution in [3.63, 3.8) is 0 Å². The maximum absolute atomic E-state index is 3.77. The summed E-state index contributed by atoms with van der Waals surface area (Å²) in [5.41, 5.74) is 13.8. The van der Waals surface area contributed by atoms with E-state index in [2.05, 4.69) is 105 Å². The molecule has 0 saturated carbocycles. The van der Waals surface area contributed by atoms with Gasteiger partial charge in [0.2, 0.25) is 0 Å². The third-order valence-corrected chi connectivity index (χ3v) is 8.00. The molecule has 2 aliphatic carbocycles. The Morgan fingerprint density at radius 3 is 1.23 bits per heavy atom. The van der Waals surface area contributed by atoms with Crippen molar-refractivity contribution in [1.29, 1.82) is 0 Å². The van der Waals surface area contributed by atoms with Gasteiger partial charge in [0.1, 0.15) is 0 Å². The number of fused-ring (bicyclic) bond motifs is 9. The standard InChI is InChI=1S/C30H25N.2C2H6/c1-29(2)23-11-7-5-9-17(23)19-13-21-22-14-20-18-10-6-8-12-24(18)30(3,4)26(20)16-28(22)31-27(21)15-25(19)29;2*1-2/h5-16,31H,1-4H3;2*1-2H3. The lowest BCUT2D eigenvalue weighted by Gasteiger charge is -2.21. The quantitative estimate of drug-likeness (QED) is 0.237. The molecule has 4 aromatic carbocycles. The topological polar surface area (TPSA) is 15.8 Å². The molecule has 0 saturated heterocycles. The number of aromatic amines is 1. The summed E-state index contributed by atoms with van der Waals surface area (Å²) >= 11 is 0. The highest BCUT2D eigenvalue weighted by atomic mass is 14.7. The predicted octanol–water partition coefficient (Wildman–Crippen LogP) is 9.99. The Bertz CT molecular complexity index is 1460. The molecule has 5 aromatic rings. The van der Waals surface area contributed by atoms with Crippen LogP contribution < -0.4 is 0 Å². The van der Waals surface area contributed by atoms with Crippen LogP contribution in [0.1, 0.15) is 77.6 Å². The van der Waals surface area contributed by atoms with Gasteiger partial charge in [0, 0.05) is 32.6 Å². The van der Waals surface area contributed by atoms with Gasteiger partial charge in [-0.3, -0.25) is 0 Å². The van der Waals surface area contributed by atoms with Crippen LogP contribution in [0.15, 0.2) is 72.8 Å². The van der Waals surface area contributed by atoms with Gasteiger partial charge in [-0.05, 0) is 68.8 Å². The van der Waals surface area contributed by atoms with E-state index in [-0.39, 0.29) is 10.8 Å². The first-order valence-corrected chi connectivity index (χ1v) is 13.2. The zero-order valence-corrected chi connectivity index (χ0v) is 22.4. The normalized spacial score (nSPS) is 15.3. The first-order valence-electron chi connectivity index (χ1n) is 13.2. The molecule has 0 amide bonds. The maximum Gasteiger partial charge on any atom is 0.0468 e. The third-order valence-electron chi connectivity index (χ3n) is 8.00. The summed E-state index contributed by atoms with van der Waals surface area (Å²) in [5.74, 6) is 0. The van der Waals surface area contributed by atoms with Gasteiger partial charge in [0.25, 0.3) is 0 Å². The minimum absolute atomic E-state index is 0.0279. The van der Waals surface area contributed by atoms with Crippen LogP contribution in [-0.4, -0.2) is 4.98 Å². The lowest BCUT2D eigenvalue weighted by atomic mass is 9.82. The second-order valence-corrected chi connectivity index (χ2v) is 10.4. The summed E-state index contributed by atoms with van der Waals surface area (Å²) in [6.07, 6.45) is 0. The molecule has 178 valence electrons. The number of benzene rings is 4. The van der Waals surface area contributed by atoms with Gasteiger partial charge >= 0.3 is 0 Å². The van der Waals surface area contributed by atoms with E-state index >= 15 is 0 Å². The molecule has 0 bridgehead atoms. The lowest BCUT2D eigenvalue weighted by molar-refractivity contribution is 0.661. The first-order chi connectivity index (χ1) is 16.9. The second kappa shape index (κ2) is 8.12. The Morgan fingerprint density at radius 1 is 0.457 bits per heavy atom. The van der Waals surface area contributed by atoms with E-state index in [0.717, 1.165) is 0 Å². The van der Waals surface area contributed by atoms with Crippen molar-refractivity contribution in [2.75, 3.05) is 0 Å². The van der Waals surface area contributed by atoms with Gasteiger partial charge in [0.15, 0.2) is 0 Å². The van der Waals surface area contributed by atoms with Crippen LogP contribution in [-0.2, 0) is 10.8 Å². The van der Waals surface area contributed by atoms with Crippen LogP contribution >= 0.6 is 0 Å². The van der Waals surface area contributed by atoms with E-state index in [9.17, 15) is 0 Å². The van der Waals surface area contributed by atoms with E-state index in [4.69, 9.17) is 0 Å². The Kier molecular flexibility index (Phi) is 5.44. The average Bonchev–Trinajstić information content (AvgIpc) is 3.44. The van der Waals surface area contributed by atoms with Gasteiger partial charge < -0.3 is 4.98 Å². The molecule has 0 unspecified atom stereocenters. The molecule has 0 radical (unpaired) electrons. The SMILES string of the molecule is CC.CC.CC1(C)c2ccccc2-c2cc3c(cc21)[nH]c1cc2c(cc13)-c1ccccc1C2(C)C. The van der Waals surface area contributed by atoms with Gasteiger partial charge in [-0.25, -0.2) is 0 Å². The minimum atomic E-state index is 0.0279. The molecule has 0 spiro atoms. The maximum atomic E-state index is 3.77. The zero-order valence-electron chi connectivity index (χ0n) is 22.4. The summed E-state index contributed by atoms with van der Waals surface area (Å²) in [7, 11) is 0. The van der Waals surface area contributed by atoms with Crippen molar-refractivity contribution in [2.24, 2.45) is 0 Å². The van der Waals surface area contributed by atoms with E-state index < -0.39 is 0 Å². The van der Waals surface area contributed by atoms with Crippen molar-refractivity contribution in [2.45, 2.75) is 66.2 Å². The molecule has 1 heterocycles. The predicted molar refractivity (Wildman–Crippen MR) is 154 cm³/mol. The van der Waals surface area contributed by atoms with Crippen molar-refractivity contribution < 1.29 is 0 Å². The highest BCUT2D eigenvalue weighted by Gasteiger charge is 2.37. The smallest absolute Gasteiger partial charge is 0.0468 e. The Labute approximate surface area is 210 Å². The minimum Gasteiger partial charge on any atom is -0.354 e. The molecule has 0 aliphatic heterocycles. The van der Waals surface area contributed by atoms with Gasteiger partial charge in [-0.2, -0.15) is 0 Å². The fourth-order valence-corrected chi connectivity index (χ4v) is 6.29. The van der Waals surface area contributed by atoms with Crippen molar-refractivity contribution in [1.82, 2.24) is 4.98 Å². The van der Waals surface area contributed by atoms with Crippen molar-refractivity contribution in [3.05, 3.63) is 95.1 Å². The molecule has 0 atom stereocenters. The van der Waals surface area contributed by atoms with Crippen LogP contribution in [0, 0.1) is 0 Å². The summed E-state index contributed by atoms with van der Waals surface area (Å²) in [4.78, 5) is 3.77. The van der Waals surface area contributed by atoms with Gasteiger partial charge in [-0.1, -0.05) is 104 Å². The zero-order chi connectivity index (χ0) is 25.1. The number of aromatic nitrogens is 1. The Morgan fingerprint density at radius 2 is 0.829 bits per heavy atom. The third kappa shape index (κ3) is 3.07. The Balaban J connectivity index is 0.000000605. The number of H-pyrrole nitrogens is 1. The summed E-state index contributed by atoms with van der Waals surface area (Å²) in [6, 6.07) is 27.4. The largest absolute Gasteiger partial charge is 0.354 e. The first kappa shape index (κ1) is 23.4. The molecule has 0 fully saturated rings. The fourth-order valence-electron chi connectivity index (χ4n) is 6.29.